The van der Waals surface area contributed by atoms with Crippen LogP contribution in [0.1, 0.15) is 27.6 Å². The number of nitro groups is 1. The Labute approximate surface area is 176 Å². The number of thioether (sulfide) groups is 1. The highest BCUT2D eigenvalue weighted by molar-refractivity contribution is 7.99. The maximum absolute atomic E-state index is 13.9. The summed E-state index contributed by atoms with van der Waals surface area (Å²) in [5.41, 5.74) is 1.15. The summed E-state index contributed by atoms with van der Waals surface area (Å²) in [5.74, 6) is 0.0268. The number of furan rings is 1. The van der Waals surface area contributed by atoms with E-state index in [0.717, 1.165) is 10.5 Å². The summed E-state index contributed by atoms with van der Waals surface area (Å²) < 4.78 is 5.49. The number of hydrazone groups is 1. The lowest BCUT2D eigenvalue weighted by molar-refractivity contribution is -0.402. The van der Waals surface area contributed by atoms with Crippen molar-refractivity contribution in [1.82, 2.24) is 5.01 Å². The molecule has 0 N–H and O–H groups in total. The highest BCUT2D eigenvalue weighted by Crippen LogP contribution is 2.50. The van der Waals surface area contributed by atoms with Crippen molar-refractivity contribution >= 4 is 29.1 Å². The van der Waals surface area contributed by atoms with Gasteiger partial charge < -0.3 is 4.42 Å². The van der Waals surface area contributed by atoms with Gasteiger partial charge in [0.25, 0.3) is 0 Å². The van der Waals surface area contributed by atoms with Gasteiger partial charge in [0.05, 0.1) is 12.0 Å². The van der Waals surface area contributed by atoms with E-state index >= 15 is 0 Å². The predicted octanol–water partition coefficient (Wildman–Crippen LogP) is 4.35. The molecular formula is C22H17N3O4S. The molecule has 3 aromatic rings. The van der Waals surface area contributed by atoms with Gasteiger partial charge in [0.1, 0.15) is 16.2 Å². The first-order valence-electron chi connectivity index (χ1n) is 9.41. The third-order valence-corrected chi connectivity index (χ3v) is 6.97. The summed E-state index contributed by atoms with van der Waals surface area (Å²) in [7, 11) is 1.78. The number of carbonyl (C=O) groups excluding carboxylic acids is 1. The summed E-state index contributed by atoms with van der Waals surface area (Å²) >= 11 is 1.62. The summed E-state index contributed by atoms with van der Waals surface area (Å²) in [4.78, 5) is 25.4. The second-order valence-corrected chi connectivity index (χ2v) is 8.30. The molecule has 5 rings (SSSR count). The van der Waals surface area contributed by atoms with Crippen LogP contribution in [0.3, 0.4) is 0 Å². The number of Topliss-reactive ketones (excluding diaryl/α,β-unsaturated/α-hetero) is 1. The molecule has 2 atom stereocenters. The fourth-order valence-electron chi connectivity index (χ4n) is 4.28. The zero-order valence-corrected chi connectivity index (χ0v) is 16.8. The number of ketones is 1. The SMILES string of the molecule is CN1N=C(c2ccc([N+](=O)[O-])o2)[C@@H](c2ccccc2)[C@@]12CSc1ccccc1C2=O. The molecule has 0 aliphatic carbocycles. The standard InChI is InChI=1S/C22H17N3O4S/c1-24-22(13-30-17-10-6-5-9-15(17)21(22)26)19(14-7-3-2-4-8-14)20(23-24)16-11-12-18(29-16)25(27)28/h2-12,19H,13H2,1H3/t19-,22-/m1/s1. The number of benzene rings is 2. The Hall–Kier alpha value is -3.39. The van der Waals surface area contributed by atoms with Gasteiger partial charge in [-0.15, -0.1) is 11.8 Å². The minimum atomic E-state index is -0.947. The minimum absolute atomic E-state index is 0.00647. The Morgan fingerprint density at radius 1 is 1.13 bits per heavy atom. The van der Waals surface area contributed by atoms with Crippen molar-refractivity contribution in [1.29, 1.82) is 0 Å². The quantitative estimate of drug-likeness (QED) is 0.463. The average Bonchev–Trinajstić information content (AvgIpc) is 3.36. The van der Waals surface area contributed by atoms with E-state index in [4.69, 9.17) is 4.42 Å². The Bertz CT molecular complexity index is 1190. The Balaban J connectivity index is 1.68. The monoisotopic (exact) mass is 419 g/mol. The highest BCUT2D eigenvalue weighted by Gasteiger charge is 2.58. The van der Waals surface area contributed by atoms with E-state index < -0.39 is 16.4 Å². The molecule has 150 valence electrons. The van der Waals surface area contributed by atoms with Crippen molar-refractivity contribution in [2.24, 2.45) is 5.10 Å². The van der Waals surface area contributed by atoms with Gasteiger partial charge in [-0.3, -0.25) is 19.9 Å². The third kappa shape index (κ3) is 2.60. The van der Waals surface area contributed by atoms with Crippen LogP contribution in [-0.4, -0.2) is 39.8 Å². The number of likely N-dealkylation sites (N-methyl/N-ethyl adjacent to an activating group) is 1. The first-order valence-corrected chi connectivity index (χ1v) is 10.4. The van der Waals surface area contributed by atoms with Gasteiger partial charge in [-0.25, -0.2) is 0 Å². The molecule has 0 fully saturated rings. The topological polar surface area (TPSA) is 88.9 Å². The largest absolute Gasteiger partial charge is 0.433 e. The van der Waals surface area contributed by atoms with Crippen LogP contribution < -0.4 is 0 Å². The molecule has 2 aromatic carbocycles. The minimum Gasteiger partial charge on any atom is -0.399 e. The first-order chi connectivity index (χ1) is 14.5. The van der Waals surface area contributed by atoms with Crippen LogP contribution in [0.25, 0.3) is 0 Å². The van der Waals surface area contributed by atoms with Crippen LogP contribution in [0.15, 0.2) is 81.1 Å². The van der Waals surface area contributed by atoms with E-state index in [0.29, 0.717) is 22.8 Å². The molecule has 8 heteroatoms. The van der Waals surface area contributed by atoms with E-state index in [1.54, 1.807) is 29.9 Å². The van der Waals surface area contributed by atoms with Gasteiger partial charge in [-0.1, -0.05) is 48.5 Å². The summed E-state index contributed by atoms with van der Waals surface area (Å²) in [6.07, 6.45) is 0. The van der Waals surface area contributed by atoms with Crippen LogP contribution in [-0.2, 0) is 0 Å². The Kier molecular flexibility index (Phi) is 4.25. The van der Waals surface area contributed by atoms with Crippen LogP contribution in [0.2, 0.25) is 0 Å². The third-order valence-electron chi connectivity index (χ3n) is 5.72. The molecule has 1 spiro atoms. The fraction of sp³-hybridized carbons (Fsp3) is 0.182. The molecule has 0 unspecified atom stereocenters. The number of fused-ring (bicyclic) bond motifs is 1. The van der Waals surface area contributed by atoms with Gasteiger partial charge in [0.15, 0.2) is 11.5 Å². The molecule has 0 saturated carbocycles. The Morgan fingerprint density at radius 3 is 2.60 bits per heavy atom. The maximum Gasteiger partial charge on any atom is 0.433 e. The van der Waals surface area contributed by atoms with Crippen molar-refractivity contribution in [2.75, 3.05) is 12.8 Å². The van der Waals surface area contributed by atoms with E-state index in [1.807, 2.05) is 54.6 Å². The lowest BCUT2D eigenvalue weighted by Gasteiger charge is -2.41. The number of hydrogen-bond donors (Lipinski definition) is 0. The number of carbonyl (C=O) groups is 1. The second-order valence-electron chi connectivity index (χ2n) is 7.29. The summed E-state index contributed by atoms with van der Waals surface area (Å²) in [5, 5.41) is 17.5. The Morgan fingerprint density at radius 2 is 1.87 bits per heavy atom. The molecule has 0 bridgehead atoms. The molecular weight excluding hydrogens is 402 g/mol. The summed E-state index contributed by atoms with van der Waals surface area (Å²) in [6, 6.07) is 20.1. The van der Waals surface area contributed by atoms with Crippen LogP contribution in [0.5, 0.6) is 0 Å². The van der Waals surface area contributed by atoms with E-state index in [9.17, 15) is 14.9 Å². The lowest BCUT2D eigenvalue weighted by atomic mass is 9.73. The average molecular weight is 419 g/mol. The molecule has 2 aliphatic heterocycles. The maximum atomic E-state index is 13.9. The van der Waals surface area contributed by atoms with E-state index in [-0.39, 0.29) is 11.7 Å². The molecule has 7 nitrogen and oxygen atoms in total. The molecule has 0 saturated heterocycles. The number of rotatable bonds is 3. The molecule has 2 aliphatic rings. The van der Waals surface area contributed by atoms with E-state index in [1.165, 1.54) is 6.07 Å². The van der Waals surface area contributed by atoms with Gasteiger partial charge in [-0.2, -0.15) is 5.10 Å². The van der Waals surface area contributed by atoms with Gasteiger partial charge >= 0.3 is 5.88 Å². The van der Waals surface area contributed by atoms with Crippen LogP contribution >= 0.6 is 11.8 Å². The van der Waals surface area contributed by atoms with Crippen LogP contribution in [0, 0.1) is 10.1 Å². The smallest absolute Gasteiger partial charge is 0.399 e. The zero-order chi connectivity index (χ0) is 20.9. The van der Waals surface area contributed by atoms with Crippen molar-refractivity contribution in [3.63, 3.8) is 0 Å². The number of hydrogen-bond acceptors (Lipinski definition) is 7. The van der Waals surface area contributed by atoms with Crippen LogP contribution in [0.4, 0.5) is 5.88 Å². The molecule has 0 amide bonds. The molecule has 0 radical (unpaired) electrons. The van der Waals surface area contributed by atoms with Crippen molar-refractivity contribution < 1.29 is 14.1 Å². The van der Waals surface area contributed by atoms with Gasteiger partial charge in [0.2, 0.25) is 0 Å². The van der Waals surface area contributed by atoms with Gasteiger partial charge in [0, 0.05) is 23.3 Å². The number of nitrogens with zero attached hydrogens (tertiary/aromatic N) is 3. The zero-order valence-electron chi connectivity index (χ0n) is 16.0. The molecule has 30 heavy (non-hydrogen) atoms. The lowest BCUT2D eigenvalue weighted by Crippen LogP contribution is -2.56. The summed E-state index contributed by atoms with van der Waals surface area (Å²) in [6.45, 7) is 0. The highest BCUT2D eigenvalue weighted by atomic mass is 32.2. The van der Waals surface area contributed by atoms with Crippen molar-refractivity contribution in [2.45, 2.75) is 16.4 Å². The second kappa shape index (κ2) is 6.84. The van der Waals surface area contributed by atoms with Crippen molar-refractivity contribution in [3.8, 4) is 0 Å². The normalized spacial score (nSPS) is 22.8. The van der Waals surface area contributed by atoms with E-state index in [2.05, 4.69) is 5.10 Å². The van der Waals surface area contributed by atoms with Crippen molar-refractivity contribution in [3.05, 3.63) is 93.7 Å². The molecule has 3 heterocycles. The molecule has 1 aromatic heterocycles. The first kappa shape index (κ1) is 18.6. The fourth-order valence-corrected chi connectivity index (χ4v) is 5.63. The van der Waals surface area contributed by atoms with Gasteiger partial charge in [-0.05, 0) is 17.7 Å². The predicted molar refractivity (Wildman–Crippen MR) is 113 cm³/mol.